The number of carbonyl (C=O) groups is 5. The van der Waals surface area contributed by atoms with E-state index in [0.717, 1.165) is 22.6 Å². The van der Waals surface area contributed by atoms with Crippen molar-refractivity contribution < 1.29 is 58.6 Å². The number of aliphatic hydroxyl groups is 3. The molecular weight excluding hydrogens is 544 g/mol. The van der Waals surface area contributed by atoms with Gasteiger partial charge in [0.05, 0.1) is 0 Å². The van der Waals surface area contributed by atoms with Crippen molar-refractivity contribution in [2.75, 3.05) is 13.1 Å². The Kier molecular flexibility index (Phi) is 11.3. The molecule has 224 valence electrons. The number of aliphatic carboxylic acids is 1. The number of hydrogen-bond donors (Lipinski definition) is 5. The maximum absolute atomic E-state index is 12.0. The number of nitrogens with one attached hydrogen (secondary N) is 1. The lowest BCUT2D eigenvalue weighted by atomic mass is 9.99. The minimum atomic E-state index is -1.87. The molecule has 0 saturated carbocycles. The minimum Gasteiger partial charge on any atom is -0.479 e. The molecule has 14 heteroatoms. The third-order valence-electron chi connectivity index (χ3n) is 6.54. The van der Waals surface area contributed by atoms with Gasteiger partial charge in [-0.1, -0.05) is 13.0 Å². The number of hydrogen-bond acceptors (Lipinski definition) is 11. The average molecular weight is 579 g/mol. The van der Waals surface area contributed by atoms with Gasteiger partial charge in [-0.15, -0.1) is 0 Å². The van der Waals surface area contributed by atoms with Gasteiger partial charge in [0.2, 0.25) is 12.2 Å². The van der Waals surface area contributed by atoms with Gasteiger partial charge in [-0.2, -0.15) is 0 Å². The summed E-state index contributed by atoms with van der Waals surface area (Å²) in [5.74, 6) is -3.06. The van der Waals surface area contributed by atoms with Gasteiger partial charge in [-0.05, 0) is 37.0 Å². The number of ether oxygens (including phenoxy) is 3. The molecule has 2 aliphatic heterocycles. The van der Waals surface area contributed by atoms with Gasteiger partial charge in [-0.3, -0.25) is 24.1 Å². The van der Waals surface area contributed by atoms with Gasteiger partial charge in [0.15, 0.2) is 6.10 Å². The lowest BCUT2D eigenvalue weighted by Gasteiger charge is -2.38. The van der Waals surface area contributed by atoms with E-state index in [0.29, 0.717) is 31.4 Å². The fourth-order valence-corrected chi connectivity index (χ4v) is 4.19. The molecule has 0 unspecified atom stereocenters. The molecule has 0 aromatic heterocycles. The van der Waals surface area contributed by atoms with Crippen molar-refractivity contribution in [2.24, 2.45) is 0 Å². The normalized spacial score (nSPS) is 23.9. The van der Waals surface area contributed by atoms with Crippen molar-refractivity contribution in [3.8, 4) is 5.75 Å². The van der Waals surface area contributed by atoms with E-state index in [1.54, 1.807) is 19.1 Å². The molecule has 5 N–H and O–H groups in total. The Morgan fingerprint density at radius 3 is 2.39 bits per heavy atom. The Labute approximate surface area is 235 Å². The Hall–Kier alpha value is -3.85. The summed E-state index contributed by atoms with van der Waals surface area (Å²) in [6.07, 6.45) is -4.55. The number of carboxylic acid groups (broad SMARTS) is 1. The summed E-state index contributed by atoms with van der Waals surface area (Å²) in [5.41, 5.74) is 1.25. The molecule has 2 heterocycles. The van der Waals surface area contributed by atoms with Gasteiger partial charge < -0.3 is 40.0 Å². The molecule has 41 heavy (non-hydrogen) atoms. The highest BCUT2D eigenvalue weighted by atomic mass is 16.7. The molecule has 14 nitrogen and oxygen atoms in total. The zero-order chi connectivity index (χ0) is 30.1. The van der Waals surface area contributed by atoms with Gasteiger partial charge in [0.25, 0.3) is 11.8 Å². The molecule has 1 fully saturated rings. The second kappa shape index (κ2) is 14.7. The highest BCUT2D eigenvalue weighted by Crippen LogP contribution is 2.28. The molecule has 3 rings (SSSR count). The van der Waals surface area contributed by atoms with Gasteiger partial charge in [0, 0.05) is 43.6 Å². The third-order valence-corrected chi connectivity index (χ3v) is 6.54. The van der Waals surface area contributed by atoms with Crippen molar-refractivity contribution in [2.45, 2.75) is 76.3 Å². The molecule has 1 aromatic rings. The molecule has 0 aliphatic carbocycles. The quantitative estimate of drug-likeness (QED) is 0.104. The SMILES string of the molecule is CCC(=O)OCc1cc(CCCCNC(=O)CCN2C(=O)C=CC2=O)ccc1O[C@@H]1O[C@H](C(=O)O)[C@@H](O)[C@H](O)[C@H]1O. The first kappa shape index (κ1) is 31.7. The van der Waals surface area contributed by atoms with E-state index >= 15 is 0 Å². The van der Waals surface area contributed by atoms with E-state index in [1.165, 1.54) is 6.07 Å². The summed E-state index contributed by atoms with van der Waals surface area (Å²) in [7, 11) is 0. The topological polar surface area (TPSA) is 209 Å². The monoisotopic (exact) mass is 578 g/mol. The maximum Gasteiger partial charge on any atom is 0.335 e. The molecule has 3 amide bonds. The van der Waals surface area contributed by atoms with Crippen LogP contribution in [0, 0.1) is 0 Å². The van der Waals surface area contributed by atoms with Crippen LogP contribution in [0.2, 0.25) is 0 Å². The van der Waals surface area contributed by atoms with Crippen molar-refractivity contribution >= 4 is 29.7 Å². The molecule has 0 radical (unpaired) electrons. The molecular formula is C27H34N2O12. The number of benzene rings is 1. The summed E-state index contributed by atoms with van der Waals surface area (Å²) in [6, 6.07) is 4.96. The molecule has 0 spiro atoms. The van der Waals surface area contributed by atoms with Crippen LogP contribution in [-0.2, 0) is 46.5 Å². The maximum atomic E-state index is 12.0. The van der Waals surface area contributed by atoms with E-state index in [4.69, 9.17) is 14.2 Å². The first-order valence-electron chi connectivity index (χ1n) is 13.2. The number of rotatable bonds is 14. The predicted molar refractivity (Wildman–Crippen MR) is 138 cm³/mol. The van der Waals surface area contributed by atoms with Crippen LogP contribution in [0.25, 0.3) is 0 Å². The minimum absolute atomic E-state index is 0.00304. The number of aryl methyl sites for hydroxylation is 1. The second-order valence-electron chi connectivity index (χ2n) is 9.53. The molecule has 0 bridgehead atoms. The zero-order valence-corrected chi connectivity index (χ0v) is 22.4. The largest absolute Gasteiger partial charge is 0.479 e. The van der Waals surface area contributed by atoms with Crippen molar-refractivity contribution in [1.29, 1.82) is 0 Å². The first-order valence-corrected chi connectivity index (χ1v) is 13.2. The van der Waals surface area contributed by atoms with E-state index in [9.17, 15) is 44.4 Å². The Morgan fingerprint density at radius 1 is 1.02 bits per heavy atom. The Morgan fingerprint density at radius 2 is 1.73 bits per heavy atom. The predicted octanol–water partition coefficient (Wildman–Crippen LogP) is -0.835. The first-order chi connectivity index (χ1) is 19.5. The molecule has 1 aromatic carbocycles. The van der Waals surface area contributed by atoms with Crippen molar-refractivity contribution in [3.63, 3.8) is 0 Å². The van der Waals surface area contributed by atoms with E-state index < -0.39 is 54.5 Å². The molecule has 5 atom stereocenters. The van der Waals surface area contributed by atoms with Crippen LogP contribution < -0.4 is 10.1 Å². The second-order valence-corrected chi connectivity index (χ2v) is 9.53. The highest BCUT2D eigenvalue weighted by molar-refractivity contribution is 6.13. The van der Waals surface area contributed by atoms with Crippen LogP contribution in [0.3, 0.4) is 0 Å². The van der Waals surface area contributed by atoms with Gasteiger partial charge in [0.1, 0.15) is 30.7 Å². The van der Waals surface area contributed by atoms with Crippen LogP contribution in [0.15, 0.2) is 30.4 Å². The van der Waals surface area contributed by atoms with Gasteiger partial charge >= 0.3 is 11.9 Å². The third kappa shape index (κ3) is 8.57. The van der Waals surface area contributed by atoms with E-state index in [1.807, 2.05) is 0 Å². The van der Waals surface area contributed by atoms with Gasteiger partial charge in [-0.25, -0.2) is 4.79 Å². The number of carbonyl (C=O) groups excluding carboxylic acids is 4. The Balaban J connectivity index is 1.54. The summed E-state index contributed by atoms with van der Waals surface area (Å²) < 4.78 is 16.1. The number of imide groups is 1. The summed E-state index contributed by atoms with van der Waals surface area (Å²) >= 11 is 0. The molecule has 1 saturated heterocycles. The fourth-order valence-electron chi connectivity index (χ4n) is 4.19. The summed E-state index contributed by atoms with van der Waals surface area (Å²) in [6.45, 7) is 1.84. The number of aliphatic hydroxyl groups excluding tert-OH is 3. The standard InChI is InChI=1S/C27H34N2O12/c1-2-21(33)39-14-16-13-15(5-3-4-11-28-18(30)10-12-29-19(31)8-9-20(29)32)6-7-17(16)40-27-24(36)22(34)23(35)25(41-27)26(37)38/h6-9,13,22-25,27,34-36H,2-5,10-12,14H2,1H3,(H,28,30)(H,37,38)/t22-,23-,24+,25-,27+/m0/s1. The van der Waals surface area contributed by atoms with Crippen LogP contribution in [0.5, 0.6) is 5.75 Å². The van der Waals surface area contributed by atoms with Crippen LogP contribution in [0.1, 0.15) is 43.7 Å². The highest BCUT2D eigenvalue weighted by Gasteiger charge is 2.48. The summed E-state index contributed by atoms with van der Waals surface area (Å²) in [4.78, 5) is 59.2. The number of carboxylic acids is 1. The Bertz CT molecular complexity index is 1150. The lowest BCUT2D eigenvalue weighted by molar-refractivity contribution is -0.271. The number of esters is 1. The number of unbranched alkanes of at least 4 members (excludes halogenated alkanes) is 1. The summed E-state index contributed by atoms with van der Waals surface area (Å²) in [5, 5.41) is 42.2. The number of amides is 3. The van der Waals surface area contributed by atoms with Crippen molar-refractivity contribution in [3.05, 3.63) is 41.5 Å². The van der Waals surface area contributed by atoms with Crippen LogP contribution in [0.4, 0.5) is 0 Å². The van der Waals surface area contributed by atoms with E-state index in [-0.39, 0.29) is 37.6 Å². The van der Waals surface area contributed by atoms with Crippen LogP contribution >= 0.6 is 0 Å². The van der Waals surface area contributed by atoms with Crippen LogP contribution in [-0.4, -0.2) is 98.8 Å². The fraction of sp³-hybridized carbons (Fsp3) is 0.519. The average Bonchev–Trinajstić information content (AvgIpc) is 3.27. The van der Waals surface area contributed by atoms with Crippen molar-refractivity contribution in [1.82, 2.24) is 10.2 Å². The van der Waals surface area contributed by atoms with E-state index in [2.05, 4.69) is 5.32 Å². The smallest absolute Gasteiger partial charge is 0.335 e. The molecule has 2 aliphatic rings. The zero-order valence-electron chi connectivity index (χ0n) is 22.4. The number of nitrogens with zero attached hydrogens (tertiary/aromatic N) is 1. The lowest BCUT2D eigenvalue weighted by Crippen LogP contribution is -2.61.